The van der Waals surface area contributed by atoms with Gasteiger partial charge in [0.25, 0.3) is 0 Å². The highest BCUT2D eigenvalue weighted by atomic mass is 35.5. The minimum Gasteiger partial charge on any atom is -0.117 e. The average Bonchev–Trinajstić information content (AvgIpc) is 2.21. The summed E-state index contributed by atoms with van der Waals surface area (Å²) in [4.78, 5) is 0. The van der Waals surface area contributed by atoms with Crippen LogP contribution in [0.5, 0.6) is 0 Å². The fourth-order valence-electron chi connectivity index (χ4n) is 1.53. The summed E-state index contributed by atoms with van der Waals surface area (Å²) in [5.41, 5.74) is 3.54. The molecule has 0 saturated carbocycles. The van der Waals surface area contributed by atoms with E-state index < -0.39 is 0 Å². The molecule has 0 N–H and O–H groups in total. The Kier molecular flexibility index (Phi) is 4.48. The third-order valence-corrected chi connectivity index (χ3v) is 4.05. The van der Waals surface area contributed by atoms with Crippen molar-refractivity contribution < 1.29 is 0 Å². The van der Waals surface area contributed by atoms with E-state index in [0.717, 1.165) is 17.0 Å². The number of aryl methyl sites for hydroxylation is 2. The third kappa shape index (κ3) is 2.89. The molecule has 0 aliphatic heterocycles. The van der Waals surface area contributed by atoms with E-state index in [-0.39, 0.29) is 5.38 Å². The molecular weight excluding hydrogens is 227 g/mol. The minimum absolute atomic E-state index is 0.0156. The van der Waals surface area contributed by atoms with Gasteiger partial charge in [-0.1, -0.05) is 37.9 Å². The first-order valence-electron chi connectivity index (χ1n) is 5.38. The predicted molar refractivity (Wildman–Crippen MR) is 69.0 cm³/mol. The lowest BCUT2D eigenvalue weighted by Gasteiger charge is -2.19. The Balaban J connectivity index is 3.09. The summed E-state index contributed by atoms with van der Waals surface area (Å²) < 4.78 is 0. The van der Waals surface area contributed by atoms with Crippen molar-refractivity contribution in [3.63, 3.8) is 0 Å². The SMILES string of the molecule is CCC(C)C(Cl)c1cc(C)c(C)cc1Cl. The lowest BCUT2D eigenvalue weighted by Crippen LogP contribution is -2.04. The van der Waals surface area contributed by atoms with Gasteiger partial charge in [0.15, 0.2) is 0 Å². The maximum Gasteiger partial charge on any atom is 0.0625 e. The standard InChI is InChI=1S/C13H18Cl2/c1-5-8(2)13(15)11-6-9(3)10(4)7-12(11)14/h6-8,13H,5H2,1-4H3. The summed E-state index contributed by atoms with van der Waals surface area (Å²) in [5, 5.41) is 0.806. The summed E-state index contributed by atoms with van der Waals surface area (Å²) in [5.74, 6) is 0.450. The molecule has 2 unspecified atom stereocenters. The van der Waals surface area contributed by atoms with E-state index >= 15 is 0 Å². The quantitative estimate of drug-likeness (QED) is 0.635. The molecule has 0 aromatic heterocycles. The number of alkyl halides is 1. The van der Waals surface area contributed by atoms with Gasteiger partial charge in [-0.2, -0.15) is 0 Å². The predicted octanol–water partition coefficient (Wildman–Crippen LogP) is 5.28. The molecule has 2 atom stereocenters. The monoisotopic (exact) mass is 244 g/mol. The number of halogens is 2. The molecule has 0 aliphatic rings. The summed E-state index contributed by atoms with van der Waals surface area (Å²) in [7, 11) is 0. The molecule has 1 rings (SSSR count). The topological polar surface area (TPSA) is 0 Å². The van der Waals surface area contributed by atoms with Crippen molar-refractivity contribution in [2.45, 2.75) is 39.5 Å². The van der Waals surface area contributed by atoms with E-state index in [2.05, 4.69) is 33.8 Å². The molecule has 84 valence electrons. The van der Waals surface area contributed by atoms with Crippen LogP contribution in [0.2, 0.25) is 5.02 Å². The van der Waals surface area contributed by atoms with Crippen LogP contribution >= 0.6 is 23.2 Å². The Morgan fingerprint density at radius 3 is 2.27 bits per heavy atom. The smallest absolute Gasteiger partial charge is 0.0625 e. The molecule has 2 heteroatoms. The van der Waals surface area contributed by atoms with Crippen LogP contribution < -0.4 is 0 Å². The van der Waals surface area contributed by atoms with Crippen LogP contribution in [0.25, 0.3) is 0 Å². The lowest BCUT2D eigenvalue weighted by molar-refractivity contribution is 0.542. The maximum absolute atomic E-state index is 6.40. The molecule has 0 nitrogen and oxygen atoms in total. The molecule has 0 saturated heterocycles. The number of rotatable bonds is 3. The third-order valence-electron chi connectivity index (χ3n) is 3.05. The zero-order valence-electron chi connectivity index (χ0n) is 9.77. The normalized spacial score (nSPS) is 15.1. The molecule has 0 aliphatic carbocycles. The van der Waals surface area contributed by atoms with Gasteiger partial charge in [-0.05, 0) is 42.5 Å². The van der Waals surface area contributed by atoms with Gasteiger partial charge in [0.2, 0.25) is 0 Å². The Hall–Kier alpha value is -0.200. The molecular formula is C13H18Cl2. The van der Waals surface area contributed by atoms with Crippen molar-refractivity contribution in [1.29, 1.82) is 0 Å². The van der Waals surface area contributed by atoms with Crippen LogP contribution in [0, 0.1) is 19.8 Å². The van der Waals surface area contributed by atoms with Crippen molar-refractivity contribution in [1.82, 2.24) is 0 Å². The fraction of sp³-hybridized carbons (Fsp3) is 0.538. The Morgan fingerprint density at radius 2 is 1.73 bits per heavy atom. The average molecular weight is 245 g/mol. The first-order valence-corrected chi connectivity index (χ1v) is 6.19. The van der Waals surface area contributed by atoms with Crippen LogP contribution in [0.1, 0.15) is 42.3 Å². The lowest BCUT2D eigenvalue weighted by atomic mass is 9.95. The van der Waals surface area contributed by atoms with Crippen LogP contribution in [0.4, 0.5) is 0 Å². The van der Waals surface area contributed by atoms with Gasteiger partial charge < -0.3 is 0 Å². The molecule has 0 amide bonds. The van der Waals surface area contributed by atoms with Crippen molar-refractivity contribution in [3.8, 4) is 0 Å². The minimum atomic E-state index is 0.0156. The van der Waals surface area contributed by atoms with E-state index in [1.54, 1.807) is 0 Å². The van der Waals surface area contributed by atoms with Crippen molar-refractivity contribution >= 4 is 23.2 Å². The highest BCUT2D eigenvalue weighted by Crippen LogP contribution is 2.36. The Labute approximate surface area is 103 Å². The van der Waals surface area contributed by atoms with E-state index in [4.69, 9.17) is 23.2 Å². The van der Waals surface area contributed by atoms with Crippen LogP contribution in [0.15, 0.2) is 12.1 Å². The second-order valence-corrected chi connectivity index (χ2v) is 5.12. The molecule has 0 radical (unpaired) electrons. The molecule has 1 aromatic carbocycles. The van der Waals surface area contributed by atoms with Gasteiger partial charge in [0.05, 0.1) is 5.38 Å². The molecule has 0 bridgehead atoms. The summed E-state index contributed by atoms with van der Waals surface area (Å²) in [6.45, 7) is 8.46. The summed E-state index contributed by atoms with van der Waals surface area (Å²) in [6, 6.07) is 4.12. The van der Waals surface area contributed by atoms with E-state index in [0.29, 0.717) is 5.92 Å². The van der Waals surface area contributed by atoms with Crippen molar-refractivity contribution in [2.75, 3.05) is 0 Å². The highest BCUT2D eigenvalue weighted by molar-refractivity contribution is 6.32. The van der Waals surface area contributed by atoms with Gasteiger partial charge in [0.1, 0.15) is 0 Å². The first-order chi connectivity index (χ1) is 6.97. The number of hydrogen-bond donors (Lipinski definition) is 0. The fourth-order valence-corrected chi connectivity index (χ4v) is 2.28. The van der Waals surface area contributed by atoms with Gasteiger partial charge in [-0.3, -0.25) is 0 Å². The molecule has 1 aromatic rings. The molecule has 0 spiro atoms. The Bertz CT molecular complexity index is 345. The van der Waals surface area contributed by atoms with Gasteiger partial charge in [-0.25, -0.2) is 0 Å². The molecule has 0 heterocycles. The largest absolute Gasteiger partial charge is 0.117 e. The van der Waals surface area contributed by atoms with E-state index in [1.807, 2.05) is 6.07 Å². The van der Waals surface area contributed by atoms with Gasteiger partial charge in [0, 0.05) is 5.02 Å². The van der Waals surface area contributed by atoms with Crippen molar-refractivity contribution in [3.05, 3.63) is 33.8 Å². The number of benzene rings is 1. The van der Waals surface area contributed by atoms with E-state index in [9.17, 15) is 0 Å². The van der Waals surface area contributed by atoms with Crippen LogP contribution in [0.3, 0.4) is 0 Å². The maximum atomic E-state index is 6.40. The Morgan fingerprint density at radius 1 is 1.20 bits per heavy atom. The van der Waals surface area contributed by atoms with Gasteiger partial charge in [-0.15, -0.1) is 11.6 Å². The summed E-state index contributed by atoms with van der Waals surface area (Å²) >= 11 is 12.6. The summed E-state index contributed by atoms with van der Waals surface area (Å²) in [6.07, 6.45) is 1.07. The molecule has 15 heavy (non-hydrogen) atoms. The van der Waals surface area contributed by atoms with Gasteiger partial charge >= 0.3 is 0 Å². The van der Waals surface area contributed by atoms with Crippen LogP contribution in [-0.2, 0) is 0 Å². The van der Waals surface area contributed by atoms with Crippen molar-refractivity contribution in [2.24, 2.45) is 5.92 Å². The highest BCUT2D eigenvalue weighted by Gasteiger charge is 2.18. The first kappa shape index (κ1) is 12.9. The number of hydrogen-bond acceptors (Lipinski definition) is 0. The second kappa shape index (κ2) is 5.23. The zero-order valence-corrected chi connectivity index (χ0v) is 11.3. The van der Waals surface area contributed by atoms with Crippen LogP contribution in [-0.4, -0.2) is 0 Å². The second-order valence-electron chi connectivity index (χ2n) is 4.25. The molecule has 0 fully saturated rings. The zero-order chi connectivity index (χ0) is 11.6. The van der Waals surface area contributed by atoms with E-state index in [1.165, 1.54) is 11.1 Å².